The first-order chi connectivity index (χ1) is 9.17. The molecular formula is C10H11N5O4. The highest BCUT2D eigenvalue weighted by molar-refractivity contribution is 5.94. The summed E-state index contributed by atoms with van der Waals surface area (Å²) in [4.78, 5) is 32.3. The third-order valence-corrected chi connectivity index (χ3v) is 2.74. The van der Waals surface area contributed by atoms with Gasteiger partial charge in [-0.3, -0.25) is 9.69 Å². The van der Waals surface area contributed by atoms with Crippen molar-refractivity contribution in [1.29, 1.82) is 0 Å². The molecule has 2 aliphatic rings. The van der Waals surface area contributed by atoms with Gasteiger partial charge in [-0.1, -0.05) is 0 Å². The number of hydrogen-bond donors (Lipinski definition) is 2. The molecule has 19 heavy (non-hydrogen) atoms. The Bertz CT molecular complexity index is 549. The summed E-state index contributed by atoms with van der Waals surface area (Å²) in [5.41, 5.74) is 5.45. The van der Waals surface area contributed by atoms with Gasteiger partial charge in [-0.15, -0.1) is 0 Å². The van der Waals surface area contributed by atoms with Crippen LogP contribution in [0, 0.1) is 0 Å². The van der Waals surface area contributed by atoms with Gasteiger partial charge in [-0.25, -0.2) is 14.8 Å². The molecule has 0 aliphatic carbocycles. The number of hydrogen-bond acceptors (Lipinski definition) is 7. The highest BCUT2D eigenvalue weighted by atomic mass is 16.6. The predicted molar refractivity (Wildman–Crippen MR) is 62.8 cm³/mol. The maximum Gasteiger partial charge on any atom is 0.416 e. The summed E-state index contributed by atoms with van der Waals surface area (Å²) >= 11 is 0. The van der Waals surface area contributed by atoms with E-state index in [1.807, 2.05) is 0 Å². The summed E-state index contributed by atoms with van der Waals surface area (Å²) < 4.78 is 10.1. The smallest absolute Gasteiger partial charge is 0.416 e. The minimum atomic E-state index is -0.534. The Morgan fingerprint density at radius 1 is 1.53 bits per heavy atom. The Labute approximate surface area is 107 Å². The van der Waals surface area contributed by atoms with Gasteiger partial charge in [0.25, 0.3) is 11.8 Å². The van der Waals surface area contributed by atoms with E-state index in [1.54, 1.807) is 0 Å². The van der Waals surface area contributed by atoms with Crippen molar-refractivity contribution in [3.05, 3.63) is 6.20 Å². The molecule has 0 radical (unpaired) electrons. The van der Waals surface area contributed by atoms with Crippen molar-refractivity contribution in [1.82, 2.24) is 9.97 Å². The molecule has 2 aliphatic heterocycles. The Morgan fingerprint density at radius 3 is 3.11 bits per heavy atom. The monoisotopic (exact) mass is 265 g/mol. The summed E-state index contributed by atoms with van der Waals surface area (Å²) in [6.45, 7) is 0.445. The molecule has 1 atom stereocenters. The summed E-state index contributed by atoms with van der Waals surface area (Å²) in [7, 11) is 0. The lowest BCUT2D eigenvalue weighted by Crippen LogP contribution is -2.30. The van der Waals surface area contributed by atoms with E-state index < -0.39 is 6.09 Å². The van der Waals surface area contributed by atoms with Gasteiger partial charge in [0.2, 0.25) is 0 Å². The van der Waals surface area contributed by atoms with Crippen molar-refractivity contribution in [3.63, 3.8) is 0 Å². The molecular weight excluding hydrogens is 254 g/mol. The van der Waals surface area contributed by atoms with Crippen LogP contribution in [0.3, 0.4) is 0 Å². The zero-order valence-corrected chi connectivity index (χ0v) is 9.83. The minimum absolute atomic E-state index is 0.0952. The Kier molecular flexibility index (Phi) is 2.67. The predicted octanol–water partition coefficient (Wildman–Crippen LogP) is -0.909. The third kappa shape index (κ3) is 2.03. The van der Waals surface area contributed by atoms with E-state index in [0.717, 1.165) is 0 Å². The summed E-state index contributed by atoms with van der Waals surface area (Å²) in [5, 5.41) is 2.52. The lowest BCUT2D eigenvalue weighted by atomic mass is 10.3. The summed E-state index contributed by atoms with van der Waals surface area (Å²) in [6, 6.07) is 0. The first kappa shape index (κ1) is 11.7. The van der Waals surface area contributed by atoms with Gasteiger partial charge in [-0.05, 0) is 0 Å². The number of nitrogens with zero attached hydrogens (tertiary/aromatic N) is 3. The van der Waals surface area contributed by atoms with Gasteiger partial charge in [0.15, 0.2) is 18.2 Å². The normalized spacial score (nSPS) is 21.5. The second kappa shape index (κ2) is 4.35. The first-order valence-electron chi connectivity index (χ1n) is 5.65. The average molecular weight is 265 g/mol. The van der Waals surface area contributed by atoms with Crippen LogP contribution in [0.4, 0.5) is 16.4 Å². The largest absolute Gasteiger partial charge is 0.465 e. The Morgan fingerprint density at radius 2 is 2.37 bits per heavy atom. The van der Waals surface area contributed by atoms with Crippen LogP contribution in [-0.2, 0) is 9.53 Å². The molecule has 0 bridgehead atoms. The fourth-order valence-electron chi connectivity index (χ4n) is 1.82. The van der Waals surface area contributed by atoms with Crippen LogP contribution in [0.1, 0.15) is 0 Å². The molecule has 100 valence electrons. The lowest BCUT2D eigenvalue weighted by molar-refractivity contribution is -0.118. The van der Waals surface area contributed by atoms with Crippen molar-refractivity contribution in [2.24, 2.45) is 5.73 Å². The number of rotatable bonds is 2. The molecule has 1 fully saturated rings. The number of amides is 2. The lowest BCUT2D eigenvalue weighted by Gasteiger charge is -2.18. The highest BCUT2D eigenvalue weighted by Crippen LogP contribution is 2.27. The third-order valence-electron chi connectivity index (χ3n) is 2.74. The maximum absolute atomic E-state index is 11.6. The number of carbonyl (C=O) groups excluding carboxylic acids is 2. The van der Waals surface area contributed by atoms with Gasteiger partial charge in [0, 0.05) is 6.54 Å². The summed E-state index contributed by atoms with van der Waals surface area (Å²) in [6.07, 6.45) is 0.486. The van der Waals surface area contributed by atoms with Gasteiger partial charge >= 0.3 is 6.09 Å². The van der Waals surface area contributed by atoms with Crippen molar-refractivity contribution >= 4 is 23.6 Å². The van der Waals surface area contributed by atoms with E-state index in [0.29, 0.717) is 6.54 Å². The van der Waals surface area contributed by atoms with Crippen LogP contribution in [0.25, 0.3) is 0 Å². The number of cyclic esters (lactones) is 1. The zero-order chi connectivity index (χ0) is 13.4. The number of nitrogens with one attached hydrogen (secondary N) is 1. The van der Waals surface area contributed by atoms with Crippen LogP contribution in [0.2, 0.25) is 0 Å². The number of anilines is 2. The molecule has 1 aromatic heterocycles. The first-order valence-corrected chi connectivity index (χ1v) is 5.65. The van der Waals surface area contributed by atoms with E-state index in [9.17, 15) is 9.59 Å². The van der Waals surface area contributed by atoms with Crippen molar-refractivity contribution < 1.29 is 19.1 Å². The van der Waals surface area contributed by atoms with Crippen molar-refractivity contribution in [2.75, 3.05) is 29.9 Å². The van der Waals surface area contributed by atoms with Crippen LogP contribution in [-0.4, -0.2) is 47.8 Å². The van der Waals surface area contributed by atoms with Gasteiger partial charge in [0.1, 0.15) is 6.10 Å². The quantitative estimate of drug-likeness (QED) is 0.710. The molecule has 0 aromatic carbocycles. The van der Waals surface area contributed by atoms with E-state index >= 15 is 0 Å². The second-order valence-corrected chi connectivity index (χ2v) is 4.07. The van der Waals surface area contributed by atoms with Gasteiger partial charge in [0.05, 0.1) is 12.7 Å². The Hall–Kier alpha value is -2.42. The molecule has 1 saturated heterocycles. The second-order valence-electron chi connectivity index (χ2n) is 4.07. The topological polar surface area (TPSA) is 120 Å². The standard InChI is InChI=1S/C10H11N5O4/c11-1-5-3-15(10(17)19-5)6-2-12-9-8(13-6)14-7(16)4-18-9/h2,5H,1,3-4,11H2,(H,13,14,16). The molecule has 1 aromatic rings. The number of ether oxygens (including phenoxy) is 2. The summed E-state index contributed by atoms with van der Waals surface area (Å²) in [5.74, 6) is 0.386. The van der Waals surface area contributed by atoms with E-state index in [2.05, 4.69) is 15.3 Å². The molecule has 9 heteroatoms. The SMILES string of the molecule is NCC1CN(c2cnc3c(n2)NC(=O)CO3)C(=O)O1. The van der Waals surface area contributed by atoms with Crippen molar-refractivity contribution in [2.45, 2.75) is 6.10 Å². The number of fused-ring (bicyclic) bond motifs is 1. The molecule has 9 nitrogen and oxygen atoms in total. The fraction of sp³-hybridized carbons (Fsp3) is 0.400. The van der Waals surface area contributed by atoms with Crippen LogP contribution >= 0.6 is 0 Å². The van der Waals surface area contributed by atoms with E-state index in [1.165, 1.54) is 11.1 Å². The molecule has 3 heterocycles. The van der Waals surface area contributed by atoms with Gasteiger partial charge in [-0.2, -0.15) is 0 Å². The molecule has 3 N–H and O–H groups in total. The molecule has 1 unspecified atom stereocenters. The number of aromatic nitrogens is 2. The molecule has 0 saturated carbocycles. The minimum Gasteiger partial charge on any atom is -0.465 e. The van der Waals surface area contributed by atoms with Gasteiger partial charge < -0.3 is 20.5 Å². The average Bonchev–Trinajstić information content (AvgIpc) is 2.79. The van der Waals surface area contributed by atoms with Crippen LogP contribution < -0.4 is 20.7 Å². The Balaban J connectivity index is 1.88. The maximum atomic E-state index is 11.6. The fourth-order valence-corrected chi connectivity index (χ4v) is 1.82. The van der Waals surface area contributed by atoms with E-state index in [4.69, 9.17) is 15.2 Å². The van der Waals surface area contributed by atoms with E-state index in [-0.39, 0.29) is 42.7 Å². The van der Waals surface area contributed by atoms with Crippen molar-refractivity contribution in [3.8, 4) is 5.88 Å². The van der Waals surface area contributed by atoms with Crippen LogP contribution in [0.15, 0.2) is 6.20 Å². The van der Waals surface area contributed by atoms with Crippen LogP contribution in [0.5, 0.6) is 5.88 Å². The molecule has 0 spiro atoms. The molecule has 2 amide bonds. The molecule has 3 rings (SSSR count). The highest BCUT2D eigenvalue weighted by Gasteiger charge is 2.33. The zero-order valence-electron chi connectivity index (χ0n) is 9.83. The number of carbonyl (C=O) groups is 2. The number of nitrogens with two attached hydrogens (primary N) is 1.